The quantitative estimate of drug-likeness (QED) is 0.817. The van der Waals surface area contributed by atoms with E-state index >= 15 is 0 Å². The summed E-state index contributed by atoms with van der Waals surface area (Å²) in [6, 6.07) is 2.33. The van der Waals surface area contributed by atoms with Crippen molar-refractivity contribution in [2.24, 2.45) is 0 Å². The van der Waals surface area contributed by atoms with Gasteiger partial charge in [0.2, 0.25) is 10.0 Å². The van der Waals surface area contributed by atoms with Gasteiger partial charge in [-0.15, -0.1) is 0 Å². The summed E-state index contributed by atoms with van der Waals surface area (Å²) in [6.45, 7) is 3.37. The lowest BCUT2D eigenvalue weighted by atomic mass is 10.1. The summed E-state index contributed by atoms with van der Waals surface area (Å²) < 4.78 is 32.0. The fraction of sp³-hybridized carbons (Fsp3) is 0.417. The molecule has 0 aliphatic rings. The minimum atomic E-state index is -4.03. The second kappa shape index (κ2) is 6.50. The summed E-state index contributed by atoms with van der Waals surface area (Å²) in [7, 11) is -2.59. The highest BCUT2D eigenvalue weighted by Gasteiger charge is 2.30. The van der Waals surface area contributed by atoms with Gasteiger partial charge in [-0.2, -0.15) is 0 Å². The van der Waals surface area contributed by atoms with Crippen molar-refractivity contribution in [3.63, 3.8) is 0 Å². The van der Waals surface area contributed by atoms with Crippen LogP contribution in [-0.4, -0.2) is 38.7 Å². The summed E-state index contributed by atoms with van der Waals surface area (Å²) in [5.74, 6) is -1.40. The van der Waals surface area contributed by atoms with E-state index in [-0.39, 0.29) is 16.5 Å². The molecular weight excluding hydrogens is 341 g/mol. The topological polar surface area (TPSA) is 92.7 Å². The number of benzene rings is 1. The molecule has 0 unspecified atom stereocenters. The van der Waals surface area contributed by atoms with E-state index in [4.69, 9.17) is 33.0 Å². The van der Waals surface area contributed by atoms with Gasteiger partial charge in [0.15, 0.2) is 0 Å². The van der Waals surface area contributed by atoms with Crippen LogP contribution in [0.3, 0.4) is 0 Å². The monoisotopic (exact) mass is 355 g/mol. The molecule has 1 rings (SSSR count). The average molecular weight is 356 g/mol. The number of nitrogens with one attached hydrogen (secondary N) is 1. The third-order valence-corrected chi connectivity index (χ3v) is 5.04. The van der Waals surface area contributed by atoms with Crippen LogP contribution in [0.1, 0.15) is 24.2 Å². The predicted molar refractivity (Wildman–Crippen MR) is 79.7 cm³/mol. The minimum Gasteiger partial charge on any atom is -0.478 e. The van der Waals surface area contributed by atoms with Crippen molar-refractivity contribution in [3.8, 4) is 0 Å². The largest absolute Gasteiger partial charge is 0.478 e. The third-order valence-electron chi connectivity index (χ3n) is 2.47. The fourth-order valence-corrected chi connectivity index (χ4v) is 4.06. The number of methoxy groups -OCH3 is 1. The van der Waals surface area contributed by atoms with Crippen LogP contribution in [0.25, 0.3) is 0 Å². The van der Waals surface area contributed by atoms with Gasteiger partial charge in [-0.25, -0.2) is 17.9 Å². The van der Waals surface area contributed by atoms with Gasteiger partial charge in [0, 0.05) is 7.11 Å². The molecule has 0 saturated carbocycles. The maximum Gasteiger partial charge on any atom is 0.338 e. The first-order valence-corrected chi connectivity index (χ1v) is 8.00. The zero-order chi connectivity index (χ0) is 16.4. The van der Waals surface area contributed by atoms with Crippen molar-refractivity contribution in [1.29, 1.82) is 0 Å². The SMILES string of the molecule is COCC(C)(C)NS(=O)(=O)c1ccc(Cl)c(C(=O)O)c1Cl. The van der Waals surface area contributed by atoms with Crippen molar-refractivity contribution < 1.29 is 23.1 Å². The molecule has 1 aromatic rings. The van der Waals surface area contributed by atoms with E-state index in [0.717, 1.165) is 6.07 Å². The summed E-state index contributed by atoms with van der Waals surface area (Å²) in [6.07, 6.45) is 0. The molecule has 1 aromatic carbocycles. The van der Waals surface area contributed by atoms with Crippen LogP contribution in [0.5, 0.6) is 0 Å². The molecular formula is C12H15Cl2NO5S. The number of rotatable bonds is 6. The standard InChI is InChI=1S/C12H15Cl2NO5S/c1-12(2,6-20-3)15-21(18,19)8-5-4-7(13)9(10(8)14)11(16)17/h4-5,15H,6H2,1-3H3,(H,16,17). The number of aromatic carboxylic acids is 1. The number of sulfonamides is 1. The summed E-state index contributed by atoms with van der Waals surface area (Å²) >= 11 is 11.6. The lowest BCUT2D eigenvalue weighted by Crippen LogP contribution is -2.46. The third kappa shape index (κ3) is 4.31. The van der Waals surface area contributed by atoms with E-state index in [0.29, 0.717) is 0 Å². The summed E-state index contributed by atoms with van der Waals surface area (Å²) in [5, 5.41) is 8.48. The minimum absolute atomic E-state index is 0.128. The van der Waals surface area contributed by atoms with Crippen molar-refractivity contribution in [3.05, 3.63) is 27.7 Å². The van der Waals surface area contributed by atoms with E-state index in [1.807, 2.05) is 0 Å². The molecule has 0 aromatic heterocycles. The van der Waals surface area contributed by atoms with Gasteiger partial charge in [-0.1, -0.05) is 23.2 Å². The Bertz CT molecular complexity index is 658. The molecule has 0 aliphatic heterocycles. The van der Waals surface area contributed by atoms with Crippen molar-refractivity contribution in [2.75, 3.05) is 13.7 Å². The van der Waals surface area contributed by atoms with Gasteiger partial charge in [-0.3, -0.25) is 0 Å². The Morgan fingerprint density at radius 1 is 1.38 bits per heavy atom. The molecule has 6 nitrogen and oxygen atoms in total. The molecule has 0 aliphatic carbocycles. The molecule has 2 N–H and O–H groups in total. The second-order valence-corrected chi connectivity index (χ2v) is 7.40. The van der Waals surface area contributed by atoms with Crippen molar-refractivity contribution in [1.82, 2.24) is 4.72 Å². The van der Waals surface area contributed by atoms with Crippen LogP contribution in [0.4, 0.5) is 0 Å². The zero-order valence-corrected chi connectivity index (χ0v) is 13.9. The van der Waals surface area contributed by atoms with E-state index in [9.17, 15) is 13.2 Å². The molecule has 0 amide bonds. The Morgan fingerprint density at radius 2 is 1.95 bits per heavy atom. The molecule has 0 bridgehead atoms. The van der Waals surface area contributed by atoms with Crippen LogP contribution in [0.15, 0.2) is 17.0 Å². The lowest BCUT2D eigenvalue weighted by Gasteiger charge is -2.25. The molecule has 118 valence electrons. The molecule has 21 heavy (non-hydrogen) atoms. The zero-order valence-electron chi connectivity index (χ0n) is 11.6. The number of hydrogen-bond acceptors (Lipinski definition) is 4. The second-order valence-electron chi connectivity index (χ2n) is 4.96. The van der Waals surface area contributed by atoms with Crippen molar-refractivity contribution >= 4 is 39.2 Å². The van der Waals surface area contributed by atoms with Gasteiger partial charge in [0.25, 0.3) is 0 Å². The van der Waals surface area contributed by atoms with E-state index in [1.165, 1.54) is 13.2 Å². The van der Waals surface area contributed by atoms with Crippen LogP contribution < -0.4 is 4.72 Å². The van der Waals surface area contributed by atoms with Gasteiger partial charge in [-0.05, 0) is 26.0 Å². The van der Waals surface area contributed by atoms with Crippen LogP contribution in [0, 0.1) is 0 Å². The molecule has 0 heterocycles. The van der Waals surface area contributed by atoms with E-state index in [2.05, 4.69) is 4.72 Å². The summed E-state index contributed by atoms with van der Waals surface area (Å²) in [5.41, 5.74) is -1.34. The first-order valence-electron chi connectivity index (χ1n) is 5.76. The van der Waals surface area contributed by atoms with Crippen LogP contribution in [0.2, 0.25) is 10.0 Å². The normalized spacial score (nSPS) is 12.4. The highest BCUT2D eigenvalue weighted by Crippen LogP contribution is 2.31. The molecule has 0 atom stereocenters. The number of carboxylic acid groups (broad SMARTS) is 1. The lowest BCUT2D eigenvalue weighted by molar-refractivity contribution is 0.0697. The Kier molecular flexibility index (Phi) is 5.63. The van der Waals surface area contributed by atoms with Gasteiger partial charge in [0.1, 0.15) is 4.90 Å². The fourth-order valence-electron chi connectivity index (χ4n) is 1.75. The average Bonchev–Trinajstić information content (AvgIpc) is 2.25. The van der Waals surface area contributed by atoms with E-state index in [1.54, 1.807) is 13.8 Å². The maximum absolute atomic E-state index is 12.3. The van der Waals surface area contributed by atoms with E-state index < -0.39 is 32.1 Å². The number of ether oxygens (including phenoxy) is 1. The Balaban J connectivity index is 3.34. The molecule has 0 fully saturated rings. The van der Waals surface area contributed by atoms with Crippen molar-refractivity contribution in [2.45, 2.75) is 24.3 Å². The molecule has 9 heteroatoms. The first kappa shape index (κ1) is 18.2. The Labute approximate surface area is 133 Å². The molecule has 0 spiro atoms. The maximum atomic E-state index is 12.3. The van der Waals surface area contributed by atoms with Gasteiger partial charge in [0.05, 0.1) is 27.8 Å². The van der Waals surface area contributed by atoms with Gasteiger partial charge < -0.3 is 9.84 Å². The van der Waals surface area contributed by atoms with Crippen LogP contribution in [-0.2, 0) is 14.8 Å². The highest BCUT2D eigenvalue weighted by atomic mass is 35.5. The molecule has 0 saturated heterocycles. The van der Waals surface area contributed by atoms with Gasteiger partial charge >= 0.3 is 5.97 Å². The molecule has 0 radical (unpaired) electrons. The van der Waals surface area contributed by atoms with Crippen LogP contribution >= 0.6 is 23.2 Å². The number of halogens is 2. The Hall–Kier alpha value is -0.860. The number of carbonyl (C=O) groups is 1. The number of hydrogen-bond donors (Lipinski definition) is 2. The predicted octanol–water partition coefficient (Wildman–Crippen LogP) is 2.39. The highest BCUT2D eigenvalue weighted by molar-refractivity contribution is 7.89. The summed E-state index contributed by atoms with van der Waals surface area (Å²) in [4.78, 5) is 10.8. The Morgan fingerprint density at radius 3 is 2.43 bits per heavy atom. The smallest absolute Gasteiger partial charge is 0.338 e. The number of carboxylic acids is 1. The first-order chi connectivity index (χ1) is 9.52.